The summed E-state index contributed by atoms with van der Waals surface area (Å²) in [7, 11) is 0. The Kier molecular flexibility index (Phi) is 3.55. The van der Waals surface area contributed by atoms with Crippen LogP contribution in [-0.2, 0) is 4.74 Å². The Hall–Kier alpha value is -1.19. The van der Waals surface area contributed by atoms with Gasteiger partial charge in [-0.3, -0.25) is 0 Å². The van der Waals surface area contributed by atoms with Crippen LogP contribution in [0.2, 0.25) is 0 Å². The number of nitrogens with zero attached hydrogens (tertiary/aromatic N) is 1. The van der Waals surface area contributed by atoms with Crippen molar-refractivity contribution in [3.63, 3.8) is 0 Å². The Labute approximate surface area is 109 Å². The number of aliphatic hydroxyl groups is 1. The first-order valence-electron chi connectivity index (χ1n) is 6.71. The van der Waals surface area contributed by atoms with Gasteiger partial charge in [-0.25, -0.2) is 4.79 Å². The first-order valence-corrected chi connectivity index (χ1v) is 6.71. The molecule has 0 bridgehead atoms. The van der Waals surface area contributed by atoms with Gasteiger partial charge in [0.25, 0.3) is 0 Å². The van der Waals surface area contributed by atoms with Crippen molar-refractivity contribution in [2.75, 3.05) is 13.1 Å². The highest BCUT2D eigenvalue weighted by molar-refractivity contribution is 5.68. The van der Waals surface area contributed by atoms with Crippen LogP contribution in [0.25, 0.3) is 0 Å². The van der Waals surface area contributed by atoms with Crippen LogP contribution in [0.1, 0.15) is 40.0 Å². The summed E-state index contributed by atoms with van der Waals surface area (Å²) in [5.41, 5.74) is -0.432. The molecule has 0 aromatic carbocycles. The SMILES string of the molecule is CC(C)(C)OC(=O)N1CC[C@@H]2CC(O)=CC[C@H]2C1. The minimum absolute atomic E-state index is 0.209. The number of aliphatic hydroxyl groups excluding tert-OH is 1. The van der Waals surface area contributed by atoms with Crippen LogP contribution in [0.15, 0.2) is 11.8 Å². The number of hydrogen-bond acceptors (Lipinski definition) is 3. The molecule has 1 amide bonds. The van der Waals surface area contributed by atoms with Crippen LogP contribution in [0.5, 0.6) is 0 Å². The molecule has 0 unspecified atom stereocenters. The van der Waals surface area contributed by atoms with Crippen molar-refractivity contribution in [3.05, 3.63) is 11.8 Å². The smallest absolute Gasteiger partial charge is 0.410 e. The lowest BCUT2D eigenvalue weighted by Gasteiger charge is -2.40. The molecule has 1 saturated heterocycles. The van der Waals surface area contributed by atoms with Crippen molar-refractivity contribution in [1.29, 1.82) is 0 Å². The van der Waals surface area contributed by atoms with E-state index < -0.39 is 5.60 Å². The molecule has 2 atom stereocenters. The van der Waals surface area contributed by atoms with Crippen LogP contribution in [0, 0.1) is 11.8 Å². The van der Waals surface area contributed by atoms with E-state index in [4.69, 9.17) is 4.74 Å². The van der Waals surface area contributed by atoms with Gasteiger partial charge in [-0.2, -0.15) is 0 Å². The molecule has 1 N–H and O–H groups in total. The van der Waals surface area contributed by atoms with Crippen LogP contribution in [0.4, 0.5) is 4.79 Å². The summed E-state index contributed by atoms with van der Waals surface area (Å²) < 4.78 is 5.40. The lowest BCUT2D eigenvalue weighted by atomic mass is 9.77. The molecule has 102 valence electrons. The number of rotatable bonds is 0. The van der Waals surface area contributed by atoms with E-state index in [0.29, 0.717) is 17.6 Å². The highest BCUT2D eigenvalue weighted by Gasteiger charge is 2.34. The summed E-state index contributed by atoms with van der Waals surface area (Å²) in [6.07, 6.45) is 4.28. The molecule has 1 fully saturated rings. The van der Waals surface area contributed by atoms with Gasteiger partial charge in [-0.1, -0.05) is 0 Å². The highest BCUT2D eigenvalue weighted by atomic mass is 16.6. The molecular weight excluding hydrogens is 230 g/mol. The monoisotopic (exact) mass is 253 g/mol. The molecule has 2 rings (SSSR count). The fourth-order valence-electron chi connectivity index (χ4n) is 2.75. The lowest BCUT2D eigenvalue weighted by molar-refractivity contribution is 0.00876. The maximum Gasteiger partial charge on any atom is 0.410 e. The lowest BCUT2D eigenvalue weighted by Crippen LogP contribution is -2.46. The van der Waals surface area contributed by atoms with E-state index in [0.717, 1.165) is 32.4 Å². The molecule has 4 nitrogen and oxygen atoms in total. The van der Waals surface area contributed by atoms with Gasteiger partial charge in [0, 0.05) is 19.5 Å². The van der Waals surface area contributed by atoms with Gasteiger partial charge in [-0.15, -0.1) is 0 Å². The quantitative estimate of drug-likeness (QED) is 0.721. The Morgan fingerprint density at radius 2 is 2.17 bits per heavy atom. The van der Waals surface area contributed by atoms with Gasteiger partial charge in [-0.05, 0) is 51.5 Å². The first kappa shape index (κ1) is 13.2. The van der Waals surface area contributed by atoms with Crippen molar-refractivity contribution >= 4 is 6.09 Å². The second kappa shape index (κ2) is 4.82. The minimum atomic E-state index is -0.432. The number of hydrogen-bond donors (Lipinski definition) is 1. The molecule has 0 aromatic heterocycles. The van der Waals surface area contributed by atoms with Crippen molar-refractivity contribution < 1.29 is 14.6 Å². The Balaban J connectivity index is 1.93. The molecular formula is C14H23NO3. The zero-order chi connectivity index (χ0) is 13.3. The summed E-state index contributed by atoms with van der Waals surface area (Å²) in [6, 6.07) is 0. The standard InChI is InChI=1S/C14H23NO3/c1-14(2,3)18-13(17)15-7-6-10-8-12(16)5-4-11(10)9-15/h5,10-11,16H,4,6-9H2,1-3H3/t10-,11+/m1/s1. The highest BCUT2D eigenvalue weighted by Crippen LogP contribution is 2.35. The van der Waals surface area contributed by atoms with Crippen LogP contribution in [0.3, 0.4) is 0 Å². The second-order valence-electron chi connectivity index (χ2n) is 6.37. The molecule has 0 aromatic rings. The Morgan fingerprint density at radius 1 is 1.44 bits per heavy atom. The molecule has 1 heterocycles. The summed E-state index contributed by atoms with van der Waals surface area (Å²) in [6.45, 7) is 7.16. The van der Waals surface area contributed by atoms with Gasteiger partial charge in [0.2, 0.25) is 0 Å². The molecule has 1 aliphatic carbocycles. The average Bonchev–Trinajstić information content (AvgIpc) is 2.26. The van der Waals surface area contributed by atoms with E-state index in [9.17, 15) is 9.90 Å². The fraction of sp³-hybridized carbons (Fsp3) is 0.786. The number of allylic oxidation sites excluding steroid dienone is 2. The number of amides is 1. The topological polar surface area (TPSA) is 49.8 Å². The molecule has 0 saturated carbocycles. The third-order valence-electron chi connectivity index (χ3n) is 3.67. The zero-order valence-electron chi connectivity index (χ0n) is 11.5. The first-order chi connectivity index (χ1) is 8.35. The molecule has 2 aliphatic rings. The fourth-order valence-corrected chi connectivity index (χ4v) is 2.75. The average molecular weight is 253 g/mol. The number of carbonyl (C=O) groups is 1. The number of carbonyl (C=O) groups excluding carboxylic acids is 1. The molecule has 0 radical (unpaired) electrons. The predicted molar refractivity (Wildman–Crippen MR) is 69.3 cm³/mol. The largest absolute Gasteiger partial charge is 0.513 e. The summed E-state index contributed by atoms with van der Waals surface area (Å²) in [4.78, 5) is 13.8. The second-order valence-corrected chi connectivity index (χ2v) is 6.37. The third-order valence-corrected chi connectivity index (χ3v) is 3.67. The van der Waals surface area contributed by atoms with E-state index in [2.05, 4.69) is 0 Å². The number of likely N-dealkylation sites (tertiary alicyclic amines) is 1. The normalized spacial score (nSPS) is 28.4. The van der Waals surface area contributed by atoms with Crippen molar-refractivity contribution in [2.24, 2.45) is 11.8 Å². The van der Waals surface area contributed by atoms with E-state index in [-0.39, 0.29) is 6.09 Å². The van der Waals surface area contributed by atoms with Crippen molar-refractivity contribution in [3.8, 4) is 0 Å². The molecule has 1 aliphatic heterocycles. The maximum absolute atomic E-state index is 12.0. The zero-order valence-corrected chi connectivity index (χ0v) is 11.5. The predicted octanol–water partition coefficient (Wildman–Crippen LogP) is 3.10. The Bertz CT molecular complexity index is 357. The van der Waals surface area contributed by atoms with Crippen molar-refractivity contribution in [2.45, 2.75) is 45.6 Å². The van der Waals surface area contributed by atoms with Gasteiger partial charge in [0.15, 0.2) is 0 Å². The van der Waals surface area contributed by atoms with Crippen LogP contribution >= 0.6 is 0 Å². The maximum atomic E-state index is 12.0. The van der Waals surface area contributed by atoms with Crippen LogP contribution < -0.4 is 0 Å². The van der Waals surface area contributed by atoms with E-state index in [1.54, 1.807) is 0 Å². The van der Waals surface area contributed by atoms with Gasteiger partial charge in [0.05, 0.1) is 5.76 Å². The van der Waals surface area contributed by atoms with Gasteiger partial charge >= 0.3 is 6.09 Å². The van der Waals surface area contributed by atoms with Gasteiger partial charge < -0.3 is 14.7 Å². The summed E-state index contributed by atoms with van der Waals surface area (Å²) in [5, 5.41) is 9.53. The van der Waals surface area contributed by atoms with Crippen LogP contribution in [-0.4, -0.2) is 34.8 Å². The van der Waals surface area contributed by atoms with Gasteiger partial charge in [0.1, 0.15) is 5.60 Å². The van der Waals surface area contributed by atoms with E-state index in [1.165, 1.54) is 0 Å². The Morgan fingerprint density at radius 3 is 2.83 bits per heavy atom. The van der Waals surface area contributed by atoms with E-state index >= 15 is 0 Å². The number of ether oxygens (including phenoxy) is 1. The molecule has 0 spiro atoms. The minimum Gasteiger partial charge on any atom is -0.513 e. The molecule has 4 heteroatoms. The summed E-state index contributed by atoms with van der Waals surface area (Å²) >= 11 is 0. The number of fused-ring (bicyclic) bond motifs is 1. The third kappa shape index (κ3) is 3.18. The molecule has 18 heavy (non-hydrogen) atoms. The number of piperidine rings is 1. The van der Waals surface area contributed by atoms with Crippen molar-refractivity contribution in [1.82, 2.24) is 4.90 Å². The summed E-state index contributed by atoms with van der Waals surface area (Å²) in [5.74, 6) is 1.51. The van der Waals surface area contributed by atoms with E-state index in [1.807, 2.05) is 31.7 Å².